The summed E-state index contributed by atoms with van der Waals surface area (Å²) >= 11 is 11.9. The van der Waals surface area contributed by atoms with E-state index in [0.29, 0.717) is 36.4 Å². The predicted molar refractivity (Wildman–Crippen MR) is 174 cm³/mol. The van der Waals surface area contributed by atoms with E-state index in [-0.39, 0.29) is 65.1 Å². The number of anilines is 1. The molecule has 0 spiro atoms. The summed E-state index contributed by atoms with van der Waals surface area (Å²) < 4.78 is 47.9. The molecule has 1 heterocycles. The molecule has 1 saturated heterocycles. The molecule has 2 atom stereocenters. The molecular formula is C28H41Cl2N5O6S2. The zero-order valence-corrected chi connectivity index (χ0v) is 27.4. The molecule has 1 unspecified atom stereocenters. The van der Waals surface area contributed by atoms with E-state index in [1.165, 1.54) is 18.2 Å². The van der Waals surface area contributed by atoms with Crippen LogP contribution in [-0.4, -0.2) is 77.7 Å². The number of benzene rings is 2. The summed E-state index contributed by atoms with van der Waals surface area (Å²) in [5.41, 5.74) is 0.639. The molecule has 3 rings (SSSR count). The number of urea groups is 2. The van der Waals surface area contributed by atoms with Gasteiger partial charge in [0.1, 0.15) is 4.90 Å². The molecule has 1 aliphatic heterocycles. The number of rotatable bonds is 14. The van der Waals surface area contributed by atoms with E-state index < -0.39 is 26.6 Å². The van der Waals surface area contributed by atoms with Crippen LogP contribution in [0, 0.1) is 5.92 Å². The number of carbonyl (C=O) groups excluding carboxylic acids is 2. The maximum Gasteiger partial charge on any atom is 0.319 e. The first-order valence-corrected chi connectivity index (χ1v) is 18.2. The Balaban J connectivity index is 1.63. The van der Waals surface area contributed by atoms with Crippen LogP contribution < -0.4 is 20.7 Å². The average molecular weight is 679 g/mol. The minimum absolute atomic E-state index is 0.0198. The van der Waals surface area contributed by atoms with Crippen molar-refractivity contribution >= 4 is 61.6 Å². The highest BCUT2D eigenvalue weighted by Gasteiger charge is 2.31. The fraction of sp³-hybridized carbons (Fsp3) is 0.500. The Hall–Kier alpha value is -2.26. The number of para-hydroxylation sites is 1. The van der Waals surface area contributed by atoms with Gasteiger partial charge >= 0.3 is 12.1 Å². The quantitative estimate of drug-likeness (QED) is 0.138. The zero-order valence-electron chi connectivity index (χ0n) is 24.3. The lowest BCUT2D eigenvalue weighted by atomic mass is 10.0. The van der Waals surface area contributed by atoms with E-state index in [4.69, 9.17) is 23.2 Å². The van der Waals surface area contributed by atoms with Gasteiger partial charge in [0.25, 0.3) is 0 Å². The summed E-state index contributed by atoms with van der Waals surface area (Å²) in [5, 5.41) is 9.04. The highest BCUT2D eigenvalue weighted by Crippen LogP contribution is 2.45. The number of amides is 4. The smallest absolute Gasteiger partial charge is 0.319 e. The molecule has 0 aromatic heterocycles. The number of hydrogen-bond acceptors (Lipinski definition) is 6. The van der Waals surface area contributed by atoms with Crippen LogP contribution in [0.3, 0.4) is 0 Å². The van der Waals surface area contributed by atoms with Crippen LogP contribution >= 0.6 is 33.8 Å². The first-order valence-electron chi connectivity index (χ1n) is 14.1. The second-order valence-corrected chi connectivity index (χ2v) is 15.9. The fourth-order valence-electron chi connectivity index (χ4n) is 4.77. The highest BCUT2D eigenvalue weighted by molar-refractivity contribution is 8.24. The topological polar surface area (TPSA) is 160 Å². The third kappa shape index (κ3) is 12.0. The van der Waals surface area contributed by atoms with Crippen LogP contribution in [0.5, 0.6) is 0 Å². The lowest BCUT2D eigenvalue weighted by Gasteiger charge is -2.31. The van der Waals surface area contributed by atoms with Crippen molar-refractivity contribution in [2.75, 3.05) is 36.5 Å². The van der Waals surface area contributed by atoms with Crippen LogP contribution in [0.25, 0.3) is 0 Å². The average Bonchev–Trinajstić information content (AvgIpc) is 3.25. The van der Waals surface area contributed by atoms with Crippen molar-refractivity contribution in [3.05, 3.63) is 58.6 Å². The van der Waals surface area contributed by atoms with Crippen molar-refractivity contribution in [1.82, 2.24) is 20.3 Å². The molecule has 0 radical (unpaired) electrons. The lowest BCUT2D eigenvalue weighted by molar-refractivity contribution is 0.183. The Labute approximate surface area is 265 Å². The van der Waals surface area contributed by atoms with Gasteiger partial charge in [0, 0.05) is 48.2 Å². The van der Waals surface area contributed by atoms with E-state index in [9.17, 15) is 27.1 Å². The molecule has 1 aliphatic rings. The van der Waals surface area contributed by atoms with Crippen LogP contribution in [0.2, 0.25) is 10.0 Å². The predicted octanol–water partition coefficient (Wildman–Crippen LogP) is 5.82. The number of halogens is 2. The van der Waals surface area contributed by atoms with Crippen molar-refractivity contribution in [1.29, 1.82) is 0 Å². The Bertz CT molecular complexity index is 1330. The van der Waals surface area contributed by atoms with Gasteiger partial charge in [-0.3, -0.25) is 9.11 Å². The van der Waals surface area contributed by atoms with Crippen LogP contribution in [0.4, 0.5) is 15.3 Å². The minimum atomic E-state index is -3.86. The van der Waals surface area contributed by atoms with Gasteiger partial charge in [-0.05, 0) is 61.9 Å². The maximum atomic E-state index is 13.4. The van der Waals surface area contributed by atoms with Crippen molar-refractivity contribution in [3.8, 4) is 0 Å². The van der Waals surface area contributed by atoms with Gasteiger partial charge in [-0.2, -0.15) is 10.6 Å². The van der Waals surface area contributed by atoms with Crippen molar-refractivity contribution in [3.63, 3.8) is 0 Å². The molecule has 11 nitrogen and oxygen atoms in total. The molecular weight excluding hydrogens is 637 g/mol. The van der Waals surface area contributed by atoms with Gasteiger partial charge in [-0.1, -0.05) is 55.2 Å². The summed E-state index contributed by atoms with van der Waals surface area (Å²) in [6, 6.07) is 11.7. The zero-order chi connectivity index (χ0) is 31.6. The molecule has 240 valence electrons. The lowest BCUT2D eigenvalue weighted by Crippen LogP contribution is -2.52. The Morgan fingerprint density at radius 3 is 2.44 bits per heavy atom. The summed E-state index contributed by atoms with van der Waals surface area (Å²) in [6.45, 7) is 4.66. The summed E-state index contributed by atoms with van der Waals surface area (Å²) in [4.78, 5) is 27.7. The molecule has 6 N–H and O–H groups in total. The van der Waals surface area contributed by atoms with E-state index in [2.05, 4.69) is 20.7 Å². The second-order valence-electron chi connectivity index (χ2n) is 11.0. The van der Waals surface area contributed by atoms with Crippen molar-refractivity contribution in [2.24, 2.45) is 5.92 Å². The summed E-state index contributed by atoms with van der Waals surface area (Å²) in [6.07, 6.45) is 1.96. The molecule has 1 fully saturated rings. The highest BCUT2D eigenvalue weighted by atomic mass is 35.5. The van der Waals surface area contributed by atoms with Crippen molar-refractivity contribution < 1.29 is 27.1 Å². The van der Waals surface area contributed by atoms with Gasteiger partial charge < -0.3 is 20.9 Å². The molecule has 4 amide bonds. The van der Waals surface area contributed by atoms with Crippen LogP contribution in [0.1, 0.15) is 39.5 Å². The summed E-state index contributed by atoms with van der Waals surface area (Å²) in [7, 11) is -6.55. The van der Waals surface area contributed by atoms with Gasteiger partial charge in [0.15, 0.2) is 0 Å². The van der Waals surface area contributed by atoms with Gasteiger partial charge in [-0.25, -0.2) is 22.7 Å². The standard InChI is InChI=1S/C28H41Cl2N5O6S2/c1-20(2)16-24(33-27(36)32-22-8-4-3-5-9-22)18-35(28(37)34-23-12-15-42(38,39)19-23)14-7-6-13-31-43(40,41)26-11-10-21(29)17-25(26)30/h3-5,8-11,17,20,23-24,31,38-39H,6-7,12-16,18-19H2,1-2H3,(H,34,37)(H2,32,33,36)/t23?,24-/m1/s1. The molecule has 0 saturated carbocycles. The van der Waals surface area contributed by atoms with Crippen LogP contribution in [-0.2, 0) is 10.0 Å². The third-order valence-electron chi connectivity index (χ3n) is 6.77. The first kappa shape index (κ1) is 35.2. The molecule has 43 heavy (non-hydrogen) atoms. The Kier molecular flexibility index (Phi) is 13.2. The Morgan fingerprint density at radius 2 is 1.81 bits per heavy atom. The normalized spacial score (nSPS) is 17.7. The largest absolute Gasteiger partial charge is 0.334 e. The molecule has 0 bridgehead atoms. The van der Waals surface area contributed by atoms with Gasteiger partial charge in [0.05, 0.1) is 10.8 Å². The molecule has 2 aromatic rings. The molecule has 15 heteroatoms. The number of nitrogens with one attached hydrogen (secondary N) is 4. The van der Waals surface area contributed by atoms with E-state index in [1.807, 2.05) is 32.0 Å². The van der Waals surface area contributed by atoms with E-state index in [0.717, 1.165) is 0 Å². The Morgan fingerprint density at radius 1 is 1.09 bits per heavy atom. The fourth-order valence-corrected chi connectivity index (χ4v) is 8.34. The second kappa shape index (κ2) is 16.2. The van der Waals surface area contributed by atoms with Crippen LogP contribution in [0.15, 0.2) is 53.4 Å². The summed E-state index contributed by atoms with van der Waals surface area (Å²) in [5.74, 6) is 0.575. The molecule has 0 aliphatic carbocycles. The number of sulfonamides is 1. The number of carbonyl (C=O) groups is 2. The maximum absolute atomic E-state index is 13.4. The van der Waals surface area contributed by atoms with Gasteiger partial charge in [0.2, 0.25) is 10.0 Å². The first-order chi connectivity index (χ1) is 20.2. The number of nitrogens with zero attached hydrogens (tertiary/aromatic N) is 1. The van der Waals surface area contributed by atoms with E-state index in [1.54, 1.807) is 17.0 Å². The number of hydrogen-bond donors (Lipinski definition) is 6. The van der Waals surface area contributed by atoms with E-state index >= 15 is 0 Å². The number of unbranched alkanes of at least 4 members (excludes halogenated alkanes) is 1. The third-order valence-corrected chi connectivity index (χ3v) is 10.8. The van der Waals surface area contributed by atoms with Crippen molar-refractivity contribution in [2.45, 2.75) is 56.5 Å². The monoisotopic (exact) mass is 677 g/mol. The molecule has 2 aromatic carbocycles. The SMILES string of the molecule is CC(C)C[C@H](CN(CCCCNS(=O)(=O)c1ccc(Cl)cc1Cl)C(=O)NC1CCS(O)(O)C1)NC(=O)Nc1ccccc1. The van der Waals surface area contributed by atoms with Gasteiger partial charge in [-0.15, -0.1) is 0 Å². The minimum Gasteiger partial charge on any atom is -0.334 e.